The number of likely N-dealkylation sites (tertiary alicyclic amines) is 1. The van der Waals surface area contributed by atoms with Gasteiger partial charge in [0.1, 0.15) is 5.75 Å². The molecule has 2 aromatic rings. The summed E-state index contributed by atoms with van der Waals surface area (Å²) in [6.07, 6.45) is 10.9. The minimum absolute atomic E-state index is 0.563. The first-order valence-corrected chi connectivity index (χ1v) is 14.0. The molecular formula is C31H43N3O. The molecule has 2 saturated heterocycles. The molecule has 0 aromatic heterocycles. The van der Waals surface area contributed by atoms with E-state index in [-0.39, 0.29) is 0 Å². The highest BCUT2D eigenvalue weighted by Crippen LogP contribution is 2.53. The molecule has 35 heavy (non-hydrogen) atoms. The second-order valence-corrected chi connectivity index (χ2v) is 11.9. The van der Waals surface area contributed by atoms with Crippen LogP contribution in [0.5, 0.6) is 5.75 Å². The molecule has 0 radical (unpaired) electrons. The van der Waals surface area contributed by atoms with Crippen LogP contribution in [0.25, 0.3) is 0 Å². The molecule has 2 heterocycles. The van der Waals surface area contributed by atoms with Crippen LogP contribution in [0.15, 0.2) is 48.5 Å². The largest absolute Gasteiger partial charge is 0.497 e. The third-order valence-corrected chi connectivity index (χ3v) is 9.67. The van der Waals surface area contributed by atoms with Crippen molar-refractivity contribution in [2.24, 2.45) is 5.41 Å². The third-order valence-electron chi connectivity index (χ3n) is 9.67. The molecule has 6 rings (SSSR count). The molecule has 2 atom stereocenters. The molecule has 188 valence electrons. The van der Waals surface area contributed by atoms with E-state index < -0.39 is 0 Å². The molecule has 4 heteroatoms. The Labute approximate surface area is 212 Å². The summed E-state index contributed by atoms with van der Waals surface area (Å²) in [6, 6.07) is 20.0. The molecule has 4 nitrogen and oxygen atoms in total. The van der Waals surface area contributed by atoms with Crippen molar-refractivity contribution >= 4 is 0 Å². The fourth-order valence-corrected chi connectivity index (χ4v) is 7.38. The lowest BCUT2D eigenvalue weighted by Crippen LogP contribution is -2.57. The van der Waals surface area contributed by atoms with Crippen LogP contribution in [0, 0.1) is 5.41 Å². The molecule has 2 unspecified atom stereocenters. The number of hydrogen-bond donors (Lipinski definition) is 1. The molecule has 2 aromatic carbocycles. The van der Waals surface area contributed by atoms with Crippen molar-refractivity contribution in [2.45, 2.75) is 82.0 Å². The Kier molecular flexibility index (Phi) is 6.64. The molecule has 4 aliphatic rings. The van der Waals surface area contributed by atoms with Crippen molar-refractivity contribution in [3.05, 3.63) is 65.2 Å². The van der Waals surface area contributed by atoms with Gasteiger partial charge in [0.15, 0.2) is 0 Å². The summed E-state index contributed by atoms with van der Waals surface area (Å²) < 4.78 is 5.36. The van der Waals surface area contributed by atoms with Gasteiger partial charge < -0.3 is 10.1 Å². The van der Waals surface area contributed by atoms with Gasteiger partial charge in [0.25, 0.3) is 0 Å². The van der Waals surface area contributed by atoms with Crippen LogP contribution in [0.4, 0.5) is 0 Å². The molecule has 1 N–H and O–H groups in total. The predicted octanol–water partition coefficient (Wildman–Crippen LogP) is 5.74. The number of nitrogens with zero attached hydrogens (tertiary/aromatic N) is 2. The number of rotatable bonds is 7. The first kappa shape index (κ1) is 23.5. The van der Waals surface area contributed by atoms with Gasteiger partial charge in [-0.3, -0.25) is 9.80 Å². The van der Waals surface area contributed by atoms with Crippen molar-refractivity contribution in [3.63, 3.8) is 0 Å². The minimum Gasteiger partial charge on any atom is -0.497 e. The Bertz CT molecular complexity index is 987. The highest BCUT2D eigenvalue weighted by molar-refractivity contribution is 5.36. The Morgan fingerprint density at radius 3 is 2.37 bits per heavy atom. The number of hydrogen-bond acceptors (Lipinski definition) is 4. The third kappa shape index (κ3) is 4.90. The zero-order valence-corrected chi connectivity index (χ0v) is 21.7. The lowest BCUT2D eigenvalue weighted by molar-refractivity contribution is -0.0617. The van der Waals surface area contributed by atoms with Gasteiger partial charge in [0, 0.05) is 31.2 Å². The summed E-state index contributed by atoms with van der Waals surface area (Å²) in [5.41, 5.74) is 5.30. The van der Waals surface area contributed by atoms with E-state index in [0.29, 0.717) is 17.5 Å². The summed E-state index contributed by atoms with van der Waals surface area (Å²) in [5.74, 6) is 1.75. The molecule has 4 fully saturated rings. The summed E-state index contributed by atoms with van der Waals surface area (Å²) in [6.45, 7) is 4.68. The molecule has 0 bridgehead atoms. The van der Waals surface area contributed by atoms with E-state index in [2.05, 4.69) is 70.7 Å². The van der Waals surface area contributed by atoms with Gasteiger partial charge in [0.05, 0.1) is 7.11 Å². The van der Waals surface area contributed by atoms with E-state index in [0.717, 1.165) is 24.3 Å². The van der Waals surface area contributed by atoms with Gasteiger partial charge in [-0.05, 0) is 112 Å². The second-order valence-electron chi connectivity index (χ2n) is 11.9. The maximum Gasteiger partial charge on any atom is 0.118 e. The van der Waals surface area contributed by atoms with Gasteiger partial charge in [-0.2, -0.15) is 0 Å². The van der Waals surface area contributed by atoms with Crippen molar-refractivity contribution in [3.8, 4) is 5.75 Å². The van der Waals surface area contributed by atoms with Crippen LogP contribution in [0.3, 0.4) is 0 Å². The van der Waals surface area contributed by atoms with Crippen LogP contribution >= 0.6 is 0 Å². The zero-order chi connectivity index (χ0) is 23.8. The average Bonchev–Trinajstić information content (AvgIpc) is 3.73. The van der Waals surface area contributed by atoms with E-state index in [1.54, 1.807) is 18.2 Å². The number of benzene rings is 2. The fraction of sp³-hybridized carbons (Fsp3) is 0.613. The number of ether oxygens (including phenoxy) is 1. The van der Waals surface area contributed by atoms with E-state index in [1.807, 2.05) is 0 Å². The van der Waals surface area contributed by atoms with Gasteiger partial charge in [-0.15, -0.1) is 0 Å². The molecule has 2 aliphatic heterocycles. The van der Waals surface area contributed by atoms with E-state index in [9.17, 15) is 0 Å². The summed E-state index contributed by atoms with van der Waals surface area (Å²) in [7, 11) is 4.07. The fourth-order valence-electron chi connectivity index (χ4n) is 7.38. The Morgan fingerprint density at radius 1 is 0.971 bits per heavy atom. The molecular weight excluding hydrogens is 430 g/mol. The number of nitrogens with one attached hydrogen (secondary N) is 1. The quantitative estimate of drug-likeness (QED) is 0.555. The Morgan fingerprint density at radius 2 is 1.69 bits per heavy atom. The molecule has 2 saturated carbocycles. The van der Waals surface area contributed by atoms with Crippen LogP contribution in [-0.2, 0) is 6.54 Å². The summed E-state index contributed by atoms with van der Waals surface area (Å²) in [4.78, 5) is 5.56. The van der Waals surface area contributed by atoms with Crippen LogP contribution in [0.2, 0.25) is 0 Å². The predicted molar refractivity (Wildman–Crippen MR) is 143 cm³/mol. The van der Waals surface area contributed by atoms with Crippen LogP contribution in [-0.4, -0.2) is 55.7 Å². The first-order valence-electron chi connectivity index (χ1n) is 14.0. The lowest BCUT2D eigenvalue weighted by Gasteiger charge is -2.57. The maximum absolute atomic E-state index is 5.36. The monoisotopic (exact) mass is 473 g/mol. The smallest absolute Gasteiger partial charge is 0.118 e. The molecule has 0 amide bonds. The number of piperidine rings is 2. The topological polar surface area (TPSA) is 27.7 Å². The van der Waals surface area contributed by atoms with E-state index in [1.165, 1.54) is 76.6 Å². The van der Waals surface area contributed by atoms with Crippen LogP contribution in [0.1, 0.15) is 80.0 Å². The van der Waals surface area contributed by atoms with Gasteiger partial charge in [-0.25, -0.2) is 0 Å². The highest BCUT2D eigenvalue weighted by atomic mass is 16.5. The van der Waals surface area contributed by atoms with Gasteiger partial charge in [-0.1, -0.05) is 36.4 Å². The lowest BCUT2D eigenvalue weighted by atomic mass is 9.59. The Balaban J connectivity index is 1.20. The standard InChI is InChI=1S/C31H43N3O/c1-33(22-23-7-11-27(35-2)12-8-23)25-13-18-34(26-20-31(21-26)14-16-32-17-15-31)30(19-25)29-6-4-3-5-28(29)24-9-10-24/h3-8,11-12,24-26,30,32H,9-10,13-22H2,1-2H3. The van der Waals surface area contributed by atoms with E-state index in [4.69, 9.17) is 4.74 Å². The van der Waals surface area contributed by atoms with Crippen molar-refractivity contribution < 1.29 is 4.74 Å². The Hall–Kier alpha value is -1.88. The highest BCUT2D eigenvalue weighted by Gasteiger charge is 2.49. The van der Waals surface area contributed by atoms with Crippen molar-refractivity contribution in [2.75, 3.05) is 33.8 Å². The van der Waals surface area contributed by atoms with E-state index >= 15 is 0 Å². The summed E-state index contributed by atoms with van der Waals surface area (Å²) in [5, 5.41) is 3.58. The first-order chi connectivity index (χ1) is 17.1. The van der Waals surface area contributed by atoms with Gasteiger partial charge in [0.2, 0.25) is 0 Å². The van der Waals surface area contributed by atoms with Crippen molar-refractivity contribution in [1.82, 2.24) is 15.1 Å². The normalized spacial score (nSPS) is 27.2. The van der Waals surface area contributed by atoms with Crippen LogP contribution < -0.4 is 10.1 Å². The second kappa shape index (κ2) is 9.88. The number of methoxy groups -OCH3 is 1. The maximum atomic E-state index is 5.36. The molecule has 2 aliphatic carbocycles. The van der Waals surface area contributed by atoms with Crippen molar-refractivity contribution in [1.29, 1.82) is 0 Å². The minimum atomic E-state index is 0.563. The summed E-state index contributed by atoms with van der Waals surface area (Å²) >= 11 is 0. The van der Waals surface area contributed by atoms with Gasteiger partial charge >= 0.3 is 0 Å². The average molecular weight is 474 g/mol. The zero-order valence-electron chi connectivity index (χ0n) is 21.7. The molecule has 1 spiro atoms. The SMILES string of the molecule is COc1ccc(CN(C)C2CCN(C3CC4(CCNCC4)C3)C(c3ccccc3C3CC3)C2)cc1.